The van der Waals surface area contributed by atoms with Gasteiger partial charge in [-0.1, -0.05) is 0 Å². The Hall–Kier alpha value is -0.631. The van der Waals surface area contributed by atoms with Crippen LogP contribution in [0.4, 0.5) is 0 Å². The van der Waals surface area contributed by atoms with Gasteiger partial charge in [0.05, 0.1) is 0 Å². The van der Waals surface area contributed by atoms with Gasteiger partial charge in [-0.2, -0.15) is 0 Å². The SMILES string of the molecule is CCOP(=O)(/C=C(\[Se]c1ccccc1)C1=CCCCC1)OCC. The van der Waals surface area contributed by atoms with Gasteiger partial charge < -0.3 is 0 Å². The van der Waals surface area contributed by atoms with Crippen LogP contribution in [0.3, 0.4) is 0 Å². The molecule has 5 heteroatoms. The van der Waals surface area contributed by atoms with E-state index < -0.39 is 7.60 Å². The predicted molar refractivity (Wildman–Crippen MR) is 97.3 cm³/mol. The average Bonchev–Trinajstić information content (AvgIpc) is 2.56. The fourth-order valence-electron chi connectivity index (χ4n) is 2.47. The van der Waals surface area contributed by atoms with Gasteiger partial charge in [-0.05, 0) is 0 Å². The third kappa shape index (κ3) is 6.06. The summed E-state index contributed by atoms with van der Waals surface area (Å²) in [5, 5.41) is 0. The first-order valence-corrected chi connectivity index (χ1v) is 11.5. The zero-order valence-electron chi connectivity index (χ0n) is 13.9. The summed E-state index contributed by atoms with van der Waals surface area (Å²) in [7, 11) is -3.17. The van der Waals surface area contributed by atoms with Gasteiger partial charge in [0.2, 0.25) is 0 Å². The number of hydrogen-bond donors (Lipinski definition) is 0. The van der Waals surface area contributed by atoms with Gasteiger partial charge in [0.25, 0.3) is 0 Å². The van der Waals surface area contributed by atoms with Crippen LogP contribution in [0.1, 0.15) is 39.5 Å². The van der Waals surface area contributed by atoms with E-state index in [0.717, 1.165) is 17.3 Å². The average molecular weight is 399 g/mol. The van der Waals surface area contributed by atoms with Crippen molar-refractivity contribution in [2.24, 2.45) is 0 Å². The first-order valence-electron chi connectivity index (χ1n) is 8.21. The Kier molecular flexibility index (Phi) is 7.82. The Morgan fingerprint density at radius 2 is 1.87 bits per heavy atom. The molecule has 1 aliphatic carbocycles. The van der Waals surface area contributed by atoms with E-state index in [1.54, 1.807) is 5.82 Å². The molecule has 0 N–H and O–H groups in total. The number of allylic oxidation sites excluding steroid dienone is 3. The summed E-state index contributed by atoms with van der Waals surface area (Å²) in [6.07, 6.45) is 6.89. The molecule has 0 aromatic heterocycles. The Morgan fingerprint density at radius 3 is 2.43 bits per heavy atom. The zero-order valence-corrected chi connectivity index (χ0v) is 16.5. The molecule has 0 radical (unpaired) electrons. The number of benzene rings is 1. The van der Waals surface area contributed by atoms with Crippen LogP contribution in [0, 0.1) is 0 Å². The summed E-state index contributed by atoms with van der Waals surface area (Å²) in [5.41, 5.74) is 1.32. The van der Waals surface area contributed by atoms with E-state index in [1.807, 2.05) is 19.9 Å². The maximum atomic E-state index is 12.9. The van der Waals surface area contributed by atoms with E-state index >= 15 is 0 Å². The summed E-state index contributed by atoms with van der Waals surface area (Å²) in [5.74, 6) is 1.78. The van der Waals surface area contributed by atoms with Crippen LogP contribution in [-0.2, 0) is 13.6 Å². The van der Waals surface area contributed by atoms with Gasteiger partial charge in [0.15, 0.2) is 0 Å². The first-order chi connectivity index (χ1) is 11.2. The standard InChI is InChI=1S/C18H25O3PSe/c1-3-20-22(19,21-4-2)15-18(16-11-7-5-8-12-16)23-17-13-9-6-10-14-17/h6,9-11,13-15H,3-5,7-8,12H2,1-2H3/b18-15-. The van der Waals surface area contributed by atoms with Crippen molar-refractivity contribution in [1.29, 1.82) is 0 Å². The summed E-state index contributed by atoms with van der Waals surface area (Å²) < 4.78 is 26.3. The van der Waals surface area contributed by atoms with Crippen molar-refractivity contribution >= 4 is 27.0 Å². The van der Waals surface area contributed by atoms with Gasteiger partial charge >= 0.3 is 146 Å². The predicted octanol–water partition coefficient (Wildman–Crippen LogP) is 4.62. The molecule has 0 aliphatic heterocycles. The van der Waals surface area contributed by atoms with E-state index in [-0.39, 0.29) is 15.0 Å². The van der Waals surface area contributed by atoms with Crippen LogP contribution in [0.5, 0.6) is 0 Å². The van der Waals surface area contributed by atoms with Crippen LogP contribution < -0.4 is 4.46 Å². The fraction of sp³-hybridized carbons (Fsp3) is 0.444. The summed E-state index contributed by atoms with van der Waals surface area (Å²) >= 11 is 0.105. The van der Waals surface area contributed by atoms with E-state index in [4.69, 9.17) is 9.05 Å². The molecule has 0 saturated heterocycles. The van der Waals surface area contributed by atoms with Gasteiger partial charge in [0.1, 0.15) is 0 Å². The van der Waals surface area contributed by atoms with Gasteiger partial charge in [-0.15, -0.1) is 0 Å². The minimum absolute atomic E-state index is 0.105. The molecule has 1 aromatic carbocycles. The van der Waals surface area contributed by atoms with E-state index in [9.17, 15) is 4.57 Å². The van der Waals surface area contributed by atoms with Crippen LogP contribution >= 0.6 is 7.60 Å². The first kappa shape index (κ1) is 18.7. The third-order valence-electron chi connectivity index (χ3n) is 3.47. The summed E-state index contributed by atoms with van der Waals surface area (Å²) in [4.78, 5) is 0. The Morgan fingerprint density at radius 1 is 1.17 bits per heavy atom. The molecule has 3 nitrogen and oxygen atoms in total. The molecular weight excluding hydrogens is 374 g/mol. The van der Waals surface area contributed by atoms with Gasteiger partial charge in [0, 0.05) is 0 Å². The fourth-order valence-corrected chi connectivity index (χ4v) is 6.87. The quantitative estimate of drug-likeness (QED) is 0.473. The monoisotopic (exact) mass is 400 g/mol. The van der Waals surface area contributed by atoms with Crippen LogP contribution in [0.25, 0.3) is 0 Å². The van der Waals surface area contributed by atoms with Gasteiger partial charge in [-0.25, -0.2) is 0 Å². The molecule has 0 spiro atoms. The second kappa shape index (κ2) is 9.61. The number of rotatable bonds is 8. The molecule has 0 heterocycles. The van der Waals surface area contributed by atoms with Crippen molar-refractivity contribution in [2.75, 3.05) is 13.2 Å². The molecule has 2 rings (SSSR count). The van der Waals surface area contributed by atoms with Crippen LogP contribution in [-0.4, -0.2) is 28.2 Å². The molecule has 0 atom stereocenters. The van der Waals surface area contributed by atoms with E-state index in [0.29, 0.717) is 13.2 Å². The maximum absolute atomic E-state index is 12.9. The second-order valence-corrected chi connectivity index (χ2v) is 9.45. The minimum atomic E-state index is -3.17. The van der Waals surface area contributed by atoms with Crippen molar-refractivity contribution in [3.63, 3.8) is 0 Å². The zero-order chi connectivity index (χ0) is 16.5. The van der Waals surface area contributed by atoms with Gasteiger partial charge in [-0.3, -0.25) is 0 Å². The Bertz CT molecular complexity index is 586. The molecule has 0 bridgehead atoms. The molecule has 1 aromatic rings. The van der Waals surface area contributed by atoms with E-state index in [2.05, 4.69) is 30.3 Å². The Balaban J connectivity index is 2.33. The van der Waals surface area contributed by atoms with Crippen molar-refractivity contribution in [2.45, 2.75) is 39.5 Å². The van der Waals surface area contributed by atoms with E-state index in [1.165, 1.54) is 22.9 Å². The molecule has 23 heavy (non-hydrogen) atoms. The normalized spacial score (nSPS) is 16.3. The molecule has 0 fully saturated rings. The summed E-state index contributed by atoms with van der Waals surface area (Å²) in [6.45, 7) is 4.47. The Labute approximate surface area is 145 Å². The third-order valence-corrected chi connectivity index (χ3v) is 8.00. The molecule has 0 unspecified atom stereocenters. The molecule has 126 valence electrons. The molecule has 0 saturated carbocycles. The molecular formula is C18H25O3PSe. The van der Waals surface area contributed by atoms with Crippen molar-refractivity contribution < 1.29 is 13.6 Å². The van der Waals surface area contributed by atoms with Crippen molar-refractivity contribution in [1.82, 2.24) is 0 Å². The van der Waals surface area contributed by atoms with Crippen molar-refractivity contribution in [3.05, 3.63) is 52.3 Å². The van der Waals surface area contributed by atoms with Crippen LogP contribution in [0.15, 0.2) is 52.3 Å². The topological polar surface area (TPSA) is 35.5 Å². The molecule has 0 amide bonds. The number of hydrogen-bond acceptors (Lipinski definition) is 3. The van der Waals surface area contributed by atoms with Crippen molar-refractivity contribution in [3.8, 4) is 0 Å². The second-order valence-electron chi connectivity index (χ2n) is 5.26. The van der Waals surface area contributed by atoms with Crippen LogP contribution in [0.2, 0.25) is 0 Å². The molecule has 1 aliphatic rings. The summed E-state index contributed by atoms with van der Waals surface area (Å²) in [6, 6.07) is 10.4.